The van der Waals surface area contributed by atoms with E-state index >= 15 is 0 Å². The average Bonchev–Trinajstić information content (AvgIpc) is 1.91. The maximum Gasteiger partial charge on any atom is 0.415 e. The van der Waals surface area contributed by atoms with Crippen molar-refractivity contribution in [3.8, 4) is 0 Å². The number of H-pyrrole nitrogens is 1. The molecule has 0 aromatic carbocycles. The first kappa shape index (κ1) is 4.32. The van der Waals surface area contributed by atoms with Gasteiger partial charge in [0.1, 0.15) is 11.8 Å². The van der Waals surface area contributed by atoms with E-state index in [1.54, 1.807) is 0 Å². The summed E-state index contributed by atoms with van der Waals surface area (Å²) >= 11 is 0.641. The largest absolute Gasteiger partial charge is 0.415 e. The van der Waals surface area contributed by atoms with E-state index in [1.165, 1.54) is 0 Å². The van der Waals surface area contributed by atoms with Crippen molar-refractivity contribution >= 4 is 11.8 Å². The number of rotatable bonds is 0. The average molecular weight is 119 g/mol. The van der Waals surface area contributed by atoms with Gasteiger partial charge in [-0.05, 0) is 0 Å². The van der Waals surface area contributed by atoms with Gasteiger partial charge in [-0.1, -0.05) is 0 Å². The Hall–Kier alpha value is -0.840. The zero-order chi connectivity index (χ0) is 5.28. The molecule has 0 saturated heterocycles. The third-order valence-electron chi connectivity index (χ3n) is 0.437. The summed E-state index contributed by atoms with van der Waals surface area (Å²) in [7, 11) is 0. The molecule has 1 rings (SSSR count). The second-order valence-electron chi connectivity index (χ2n) is 0.885. The van der Waals surface area contributed by atoms with Crippen molar-refractivity contribution in [1.29, 1.82) is 0 Å². The second-order valence-corrected chi connectivity index (χ2v) is 1.42. The Morgan fingerprint density at radius 3 is 2.43 bits per heavy atom. The minimum absolute atomic E-state index is 0.641. The van der Waals surface area contributed by atoms with Crippen LogP contribution in [-0.4, -0.2) is 4.37 Å². The molecule has 1 aromatic heterocycles. The highest BCUT2D eigenvalue weighted by molar-refractivity contribution is 6.96. The van der Waals surface area contributed by atoms with Gasteiger partial charge in [0.2, 0.25) is 0 Å². The molecular weight excluding hydrogens is 118 g/mol. The van der Waals surface area contributed by atoms with Crippen molar-refractivity contribution in [3.63, 3.8) is 0 Å². The second kappa shape index (κ2) is 1.34. The molecule has 0 unspecified atom stereocenters. The minimum atomic E-state index is -0.829. The Labute approximate surface area is 41.8 Å². The standard InChI is InChI=1S/C2HNO3S/c4-1-2(5)6-7-3-1/h(H,3,4). The number of nitrogens with one attached hydrogen (secondary N) is 1. The monoisotopic (exact) mass is 119 g/mol. The van der Waals surface area contributed by atoms with Gasteiger partial charge in [0.05, 0.1) is 0 Å². The van der Waals surface area contributed by atoms with Crippen molar-refractivity contribution in [1.82, 2.24) is 4.37 Å². The SMILES string of the molecule is O=c1[nH]soc1=O. The predicted molar refractivity (Wildman–Crippen MR) is 23.5 cm³/mol. The number of aromatic nitrogens is 1. The van der Waals surface area contributed by atoms with E-state index in [4.69, 9.17) is 0 Å². The van der Waals surface area contributed by atoms with E-state index in [-0.39, 0.29) is 0 Å². The maximum atomic E-state index is 9.97. The van der Waals surface area contributed by atoms with Gasteiger partial charge >= 0.3 is 11.2 Å². The Balaban J connectivity index is 3.71. The van der Waals surface area contributed by atoms with Crippen molar-refractivity contribution < 1.29 is 3.85 Å². The Morgan fingerprint density at radius 1 is 1.57 bits per heavy atom. The molecule has 0 atom stereocenters. The molecule has 7 heavy (non-hydrogen) atoms. The Kier molecular flexibility index (Phi) is 0.828. The highest BCUT2D eigenvalue weighted by Gasteiger charge is 1.90. The smallest absolute Gasteiger partial charge is 0.341 e. The normalized spacial score (nSPS) is 9.14. The lowest BCUT2D eigenvalue weighted by Gasteiger charge is -1.45. The van der Waals surface area contributed by atoms with Crippen LogP contribution in [0.15, 0.2) is 13.4 Å². The first-order valence-electron chi connectivity index (χ1n) is 1.48. The van der Waals surface area contributed by atoms with Crippen LogP contribution in [0, 0.1) is 0 Å². The van der Waals surface area contributed by atoms with E-state index in [0.29, 0.717) is 11.8 Å². The highest BCUT2D eigenvalue weighted by Crippen LogP contribution is 1.69. The molecule has 5 heteroatoms. The molecule has 38 valence electrons. The highest BCUT2D eigenvalue weighted by atomic mass is 32.1. The Bertz CT molecular complexity index is 217. The van der Waals surface area contributed by atoms with Crippen LogP contribution in [0.4, 0.5) is 0 Å². The fourth-order valence-electron chi connectivity index (χ4n) is 0.176. The molecule has 1 aromatic rings. The topological polar surface area (TPSA) is 63.1 Å². The van der Waals surface area contributed by atoms with Crippen LogP contribution in [0.1, 0.15) is 0 Å². The van der Waals surface area contributed by atoms with E-state index in [9.17, 15) is 9.59 Å². The lowest BCUT2D eigenvalue weighted by Crippen LogP contribution is -2.17. The van der Waals surface area contributed by atoms with E-state index < -0.39 is 11.2 Å². The zero-order valence-electron chi connectivity index (χ0n) is 3.13. The molecule has 0 fully saturated rings. The van der Waals surface area contributed by atoms with Crippen LogP contribution in [0.3, 0.4) is 0 Å². The molecule has 0 amide bonds. The van der Waals surface area contributed by atoms with Crippen molar-refractivity contribution in [2.75, 3.05) is 0 Å². The molecule has 0 aliphatic carbocycles. The summed E-state index contributed by atoms with van der Waals surface area (Å²) in [6.07, 6.45) is 0. The van der Waals surface area contributed by atoms with Crippen LogP contribution in [0.5, 0.6) is 0 Å². The van der Waals surface area contributed by atoms with Crippen LogP contribution in [-0.2, 0) is 0 Å². The number of hydrogen-bond donors (Lipinski definition) is 1. The van der Waals surface area contributed by atoms with Gasteiger partial charge in [0, 0.05) is 0 Å². The lowest BCUT2D eigenvalue weighted by atomic mass is 10.9. The molecule has 0 spiro atoms. The van der Waals surface area contributed by atoms with Crippen molar-refractivity contribution in [2.45, 2.75) is 0 Å². The fraction of sp³-hybridized carbons (Fsp3) is 0. The predicted octanol–water partition coefficient (Wildman–Crippen LogP) is -0.610. The van der Waals surface area contributed by atoms with Crippen LogP contribution >= 0.6 is 11.8 Å². The molecule has 0 radical (unpaired) electrons. The molecule has 1 N–H and O–H groups in total. The summed E-state index contributed by atoms with van der Waals surface area (Å²) in [5.41, 5.74) is -1.52. The van der Waals surface area contributed by atoms with E-state index in [1.807, 2.05) is 0 Å². The molecule has 0 bridgehead atoms. The van der Waals surface area contributed by atoms with Gasteiger partial charge in [0.15, 0.2) is 0 Å². The molecular formula is C2HNO3S. The van der Waals surface area contributed by atoms with E-state index in [2.05, 4.69) is 8.22 Å². The third-order valence-corrected chi connectivity index (χ3v) is 0.941. The van der Waals surface area contributed by atoms with Gasteiger partial charge in [-0.2, -0.15) is 0 Å². The van der Waals surface area contributed by atoms with Crippen LogP contribution in [0.2, 0.25) is 0 Å². The zero-order valence-corrected chi connectivity index (χ0v) is 3.95. The first-order valence-corrected chi connectivity index (χ1v) is 2.22. The first-order chi connectivity index (χ1) is 3.30. The third kappa shape index (κ3) is 0.614. The molecule has 1 heterocycles. The fourth-order valence-corrected chi connectivity index (χ4v) is 0.528. The maximum absolute atomic E-state index is 9.97. The minimum Gasteiger partial charge on any atom is -0.341 e. The van der Waals surface area contributed by atoms with Crippen molar-refractivity contribution in [3.05, 3.63) is 20.8 Å². The Morgan fingerprint density at radius 2 is 2.29 bits per heavy atom. The number of hydrogen-bond acceptors (Lipinski definition) is 4. The summed E-state index contributed by atoms with van der Waals surface area (Å²) in [6.45, 7) is 0. The van der Waals surface area contributed by atoms with E-state index in [0.717, 1.165) is 0 Å². The van der Waals surface area contributed by atoms with Gasteiger partial charge < -0.3 is 3.85 Å². The molecule has 4 nitrogen and oxygen atoms in total. The summed E-state index contributed by atoms with van der Waals surface area (Å²) < 4.78 is 6.16. The van der Waals surface area contributed by atoms with Gasteiger partial charge in [-0.3, -0.25) is 4.79 Å². The van der Waals surface area contributed by atoms with Crippen molar-refractivity contribution in [2.24, 2.45) is 0 Å². The van der Waals surface area contributed by atoms with Crippen LogP contribution < -0.4 is 11.2 Å². The molecule has 0 aliphatic heterocycles. The van der Waals surface area contributed by atoms with Gasteiger partial charge in [0.25, 0.3) is 0 Å². The van der Waals surface area contributed by atoms with Crippen LogP contribution in [0.25, 0.3) is 0 Å². The quantitative estimate of drug-likeness (QED) is 0.463. The van der Waals surface area contributed by atoms with Gasteiger partial charge in [-0.25, -0.2) is 9.17 Å². The summed E-state index contributed by atoms with van der Waals surface area (Å²) in [5.74, 6) is 0. The summed E-state index contributed by atoms with van der Waals surface area (Å²) in [4.78, 5) is 19.9. The van der Waals surface area contributed by atoms with Gasteiger partial charge in [-0.15, -0.1) is 0 Å². The molecule has 0 saturated carbocycles. The lowest BCUT2D eigenvalue weighted by molar-refractivity contribution is 0.638. The summed E-state index contributed by atoms with van der Waals surface area (Å²) in [6, 6.07) is 0. The molecule has 0 aliphatic rings. The summed E-state index contributed by atoms with van der Waals surface area (Å²) in [5, 5.41) is 0. The number of aromatic amines is 1.